The monoisotopic (exact) mass is 1550 g/mol. The van der Waals surface area contributed by atoms with Crippen molar-refractivity contribution in [1.82, 2.24) is 0 Å². The molecule has 5 atom stereocenters. The number of aliphatic hydroxyl groups is 1. The number of hydrogen-bond acceptors (Lipinski definition) is 15. The predicted octanol–water partition coefficient (Wildman–Crippen LogP) is 26.5. The molecule has 0 heterocycles. The van der Waals surface area contributed by atoms with Crippen LogP contribution in [0.2, 0.25) is 0 Å². The normalized spacial score (nSPS) is 13.9. The summed E-state index contributed by atoms with van der Waals surface area (Å²) in [5, 5.41) is 10.7. The molecule has 0 aliphatic rings. The topological polar surface area (TPSA) is 237 Å². The van der Waals surface area contributed by atoms with E-state index in [1.165, 1.54) is 270 Å². The summed E-state index contributed by atoms with van der Waals surface area (Å²) in [4.78, 5) is 73.3. The molecule has 0 spiro atoms. The molecule has 17 nitrogen and oxygen atoms in total. The van der Waals surface area contributed by atoms with Gasteiger partial charge in [0, 0.05) is 25.7 Å². The minimum Gasteiger partial charge on any atom is -0.462 e. The first-order valence-electron chi connectivity index (χ1n) is 44.8. The van der Waals surface area contributed by atoms with Gasteiger partial charge >= 0.3 is 39.5 Å². The lowest BCUT2D eigenvalue weighted by atomic mass is 10.0. The van der Waals surface area contributed by atoms with Gasteiger partial charge < -0.3 is 33.8 Å². The maximum Gasteiger partial charge on any atom is 0.472 e. The fraction of sp³-hybridized carbons (Fsp3) is 0.954. The fourth-order valence-electron chi connectivity index (χ4n) is 13.5. The van der Waals surface area contributed by atoms with Gasteiger partial charge in [-0.2, -0.15) is 0 Å². The van der Waals surface area contributed by atoms with Crippen LogP contribution >= 0.6 is 15.6 Å². The highest BCUT2D eigenvalue weighted by molar-refractivity contribution is 7.47. The molecule has 106 heavy (non-hydrogen) atoms. The first kappa shape index (κ1) is 104. The SMILES string of the molecule is CCCCCCCCCCCCCCCCCCC(=O)O[C@H](COC(=O)CCCCCCCCCCCC(C)C)COP(=O)(O)OC[C@H](O)COP(=O)(O)OC[C@@H](COC(=O)CCCCCCCCCCCCCCCCCCC(C)C)OC(=O)CCCCCCCCCCCCCCCCCCC(C)C. The summed E-state index contributed by atoms with van der Waals surface area (Å²) in [5.41, 5.74) is 0. The molecule has 0 amide bonds. The van der Waals surface area contributed by atoms with Gasteiger partial charge in [-0.25, -0.2) is 9.13 Å². The Morgan fingerprint density at radius 1 is 0.255 bits per heavy atom. The largest absolute Gasteiger partial charge is 0.472 e. The Balaban J connectivity index is 5.26. The number of carbonyl (C=O) groups excluding carboxylic acids is 4. The third kappa shape index (κ3) is 80.1. The zero-order valence-electron chi connectivity index (χ0n) is 69.9. The van der Waals surface area contributed by atoms with Gasteiger partial charge in [0.25, 0.3) is 0 Å². The second kappa shape index (κ2) is 77.0. The molecule has 0 rings (SSSR count). The molecular weight excluding hydrogens is 1380 g/mol. The van der Waals surface area contributed by atoms with Crippen LogP contribution in [0.1, 0.15) is 459 Å². The lowest BCUT2D eigenvalue weighted by Crippen LogP contribution is -2.30. The Morgan fingerprint density at radius 2 is 0.434 bits per heavy atom. The number of carbonyl (C=O) groups is 4. The van der Waals surface area contributed by atoms with E-state index in [1.807, 2.05) is 0 Å². The van der Waals surface area contributed by atoms with Crippen molar-refractivity contribution < 1.29 is 80.2 Å². The molecule has 3 N–H and O–H groups in total. The van der Waals surface area contributed by atoms with Crippen molar-refractivity contribution >= 4 is 39.5 Å². The summed E-state index contributed by atoms with van der Waals surface area (Å²) in [5.74, 6) is 0.264. The van der Waals surface area contributed by atoms with Crippen molar-refractivity contribution in [3.63, 3.8) is 0 Å². The lowest BCUT2D eigenvalue weighted by Gasteiger charge is -2.21. The van der Waals surface area contributed by atoms with Gasteiger partial charge in [0.2, 0.25) is 0 Å². The van der Waals surface area contributed by atoms with E-state index >= 15 is 0 Å². The molecular formula is C87H170O17P2. The molecule has 0 aromatic heterocycles. The second-order valence-electron chi connectivity index (χ2n) is 32.7. The first-order chi connectivity index (χ1) is 51.2. The summed E-state index contributed by atoms with van der Waals surface area (Å²) >= 11 is 0. The lowest BCUT2D eigenvalue weighted by molar-refractivity contribution is -0.161. The van der Waals surface area contributed by atoms with Crippen LogP contribution in [0.25, 0.3) is 0 Å². The van der Waals surface area contributed by atoms with Crippen LogP contribution in [0.5, 0.6) is 0 Å². The molecule has 630 valence electrons. The highest BCUT2D eigenvalue weighted by Gasteiger charge is 2.30. The number of aliphatic hydroxyl groups excluding tert-OH is 1. The smallest absolute Gasteiger partial charge is 0.462 e. The average molecular weight is 1550 g/mol. The number of phosphoric acid groups is 2. The van der Waals surface area contributed by atoms with Crippen molar-refractivity contribution in [3.8, 4) is 0 Å². The van der Waals surface area contributed by atoms with Crippen LogP contribution in [0.15, 0.2) is 0 Å². The first-order valence-corrected chi connectivity index (χ1v) is 47.8. The van der Waals surface area contributed by atoms with Crippen LogP contribution < -0.4 is 0 Å². The van der Waals surface area contributed by atoms with Gasteiger partial charge in [-0.1, -0.05) is 408 Å². The van der Waals surface area contributed by atoms with Crippen LogP contribution in [0, 0.1) is 17.8 Å². The Morgan fingerprint density at radius 3 is 0.642 bits per heavy atom. The van der Waals surface area contributed by atoms with E-state index < -0.39 is 97.5 Å². The number of rotatable bonds is 85. The number of esters is 4. The van der Waals surface area contributed by atoms with Crippen LogP contribution in [0.4, 0.5) is 0 Å². The molecule has 0 aliphatic heterocycles. The van der Waals surface area contributed by atoms with Crippen molar-refractivity contribution in [3.05, 3.63) is 0 Å². The standard InChI is InChI=1S/C87H170O17P2/c1-8-9-10-11-12-13-14-15-16-23-29-34-41-49-56-63-70-87(92)104-83(75-98-85(90)69-62-55-48-43-36-39-46-53-60-67-80(6)7)77-102-106(95,96)100-73-81(88)72-99-105(93,94)101-76-82(103-86(91)71-64-57-50-42-35-30-25-20-18-22-27-32-38-45-52-59-66-79(4)5)74-97-84(89)68-61-54-47-40-33-28-24-19-17-21-26-31-37-44-51-58-65-78(2)3/h78-83,88H,8-77H2,1-7H3,(H,93,94)(H,95,96)/t81-,82-,83-/m1/s1. The Labute approximate surface area is 651 Å². The minimum absolute atomic E-state index is 0.108. The highest BCUT2D eigenvalue weighted by Crippen LogP contribution is 2.45. The van der Waals surface area contributed by atoms with Crippen molar-refractivity contribution in [2.75, 3.05) is 39.6 Å². The molecule has 2 unspecified atom stereocenters. The quantitative estimate of drug-likeness (QED) is 0.0222. The van der Waals surface area contributed by atoms with Gasteiger partial charge in [-0.15, -0.1) is 0 Å². The molecule has 0 bridgehead atoms. The van der Waals surface area contributed by atoms with E-state index in [1.54, 1.807) is 0 Å². The number of hydrogen-bond donors (Lipinski definition) is 3. The average Bonchev–Trinajstić information content (AvgIpc) is 0.904. The summed E-state index contributed by atoms with van der Waals surface area (Å²) in [6.45, 7) is 12.0. The molecule has 19 heteroatoms. The number of phosphoric ester groups is 2. The zero-order valence-corrected chi connectivity index (χ0v) is 71.7. The van der Waals surface area contributed by atoms with E-state index in [2.05, 4.69) is 48.5 Å². The van der Waals surface area contributed by atoms with E-state index in [9.17, 15) is 43.2 Å². The zero-order chi connectivity index (χ0) is 77.9. The van der Waals surface area contributed by atoms with Crippen molar-refractivity contribution in [2.45, 2.75) is 478 Å². The fourth-order valence-corrected chi connectivity index (χ4v) is 15.1. The second-order valence-corrected chi connectivity index (χ2v) is 35.6. The van der Waals surface area contributed by atoms with Gasteiger partial charge in [0.15, 0.2) is 12.2 Å². The molecule has 0 fully saturated rings. The number of ether oxygens (including phenoxy) is 4. The van der Waals surface area contributed by atoms with Gasteiger partial charge in [0.05, 0.1) is 26.4 Å². The number of unbranched alkanes of at least 4 members (excludes halogenated alkanes) is 53. The molecule has 0 aromatic carbocycles. The maximum absolute atomic E-state index is 13.2. The van der Waals surface area contributed by atoms with Crippen molar-refractivity contribution in [1.29, 1.82) is 0 Å². The maximum atomic E-state index is 13.2. The van der Waals surface area contributed by atoms with E-state index in [0.717, 1.165) is 108 Å². The summed E-state index contributed by atoms with van der Waals surface area (Å²) < 4.78 is 69.0. The Kier molecular flexibility index (Phi) is 75.6. The van der Waals surface area contributed by atoms with Crippen LogP contribution in [0.3, 0.4) is 0 Å². The summed E-state index contributed by atoms with van der Waals surface area (Å²) in [6.07, 6.45) is 68.0. The summed E-state index contributed by atoms with van der Waals surface area (Å²) in [7, 11) is -9.93. The molecule has 0 saturated carbocycles. The third-order valence-electron chi connectivity index (χ3n) is 20.4. The summed E-state index contributed by atoms with van der Waals surface area (Å²) in [6, 6.07) is 0. The molecule has 0 aromatic rings. The third-order valence-corrected chi connectivity index (χ3v) is 22.3. The van der Waals surface area contributed by atoms with Gasteiger partial charge in [-0.3, -0.25) is 37.3 Å². The van der Waals surface area contributed by atoms with Crippen LogP contribution in [-0.2, 0) is 65.4 Å². The Bertz CT molecular complexity index is 2040. The minimum atomic E-state index is -4.97. The van der Waals surface area contributed by atoms with E-state index in [0.29, 0.717) is 25.7 Å². The van der Waals surface area contributed by atoms with E-state index in [4.69, 9.17) is 37.0 Å². The molecule has 0 aliphatic carbocycles. The van der Waals surface area contributed by atoms with Gasteiger partial charge in [-0.05, 0) is 43.4 Å². The molecule has 0 saturated heterocycles. The Hall–Kier alpha value is -1.94. The molecule has 0 radical (unpaired) electrons. The van der Waals surface area contributed by atoms with Crippen molar-refractivity contribution in [2.24, 2.45) is 17.8 Å². The highest BCUT2D eigenvalue weighted by atomic mass is 31.2. The van der Waals surface area contributed by atoms with Gasteiger partial charge in [0.1, 0.15) is 19.3 Å². The van der Waals surface area contributed by atoms with Crippen LogP contribution in [-0.4, -0.2) is 96.7 Å². The predicted molar refractivity (Wildman–Crippen MR) is 437 cm³/mol. The van der Waals surface area contributed by atoms with E-state index in [-0.39, 0.29) is 25.7 Å².